The first-order chi connectivity index (χ1) is 5.40. The quantitative estimate of drug-likeness (QED) is 0.549. The van der Waals surface area contributed by atoms with Crippen LogP contribution >= 0.6 is 0 Å². The molecule has 2 atom stereocenters. The molecule has 2 unspecified atom stereocenters. The molecule has 0 aromatic rings. The molecular weight excluding hydrogens is 144 g/mol. The van der Waals surface area contributed by atoms with E-state index in [4.69, 9.17) is 0 Å². The van der Waals surface area contributed by atoms with Crippen molar-refractivity contribution in [2.24, 2.45) is 16.7 Å². The molecule has 0 aliphatic heterocycles. The van der Waals surface area contributed by atoms with E-state index in [9.17, 15) is 0 Å². The maximum Gasteiger partial charge on any atom is -0.0302 e. The third kappa shape index (κ3) is 1.84. The van der Waals surface area contributed by atoms with Gasteiger partial charge in [0.15, 0.2) is 0 Å². The molecule has 0 aromatic carbocycles. The highest BCUT2D eigenvalue weighted by molar-refractivity contribution is 4.89. The smallest absolute Gasteiger partial charge is 0.0302 e. The average molecular weight is 168 g/mol. The first-order valence-electron chi connectivity index (χ1n) is 5.40. The van der Waals surface area contributed by atoms with Gasteiger partial charge in [-0.05, 0) is 36.0 Å². The van der Waals surface area contributed by atoms with Crippen LogP contribution in [0.25, 0.3) is 0 Å². The Labute approximate surface area is 77.7 Å². The third-order valence-electron chi connectivity index (χ3n) is 4.23. The van der Waals surface area contributed by atoms with Crippen molar-refractivity contribution in [3.8, 4) is 0 Å². The monoisotopic (exact) mass is 168 g/mol. The van der Waals surface area contributed by atoms with Gasteiger partial charge < -0.3 is 0 Å². The minimum absolute atomic E-state index is 0.605. The lowest BCUT2D eigenvalue weighted by Gasteiger charge is -2.46. The Bertz CT molecular complexity index is 157. The lowest BCUT2D eigenvalue weighted by molar-refractivity contribution is 0.0483. The standard InChI is InChI=1S/C12H24/c1-6-12(5)8-7-11(3,4)9-10(12)2/h10H,6-9H2,1-5H3. The molecule has 0 N–H and O–H groups in total. The summed E-state index contributed by atoms with van der Waals surface area (Å²) in [4.78, 5) is 0. The SMILES string of the molecule is CCC1(C)CCC(C)(C)CC1C. The van der Waals surface area contributed by atoms with Gasteiger partial charge in [0.1, 0.15) is 0 Å². The summed E-state index contributed by atoms with van der Waals surface area (Å²) < 4.78 is 0. The molecule has 0 aromatic heterocycles. The van der Waals surface area contributed by atoms with Gasteiger partial charge in [-0.1, -0.05) is 41.0 Å². The fourth-order valence-corrected chi connectivity index (χ4v) is 2.57. The Balaban J connectivity index is 2.65. The first-order valence-corrected chi connectivity index (χ1v) is 5.40. The van der Waals surface area contributed by atoms with Crippen molar-refractivity contribution in [3.63, 3.8) is 0 Å². The Morgan fingerprint density at radius 2 is 1.75 bits per heavy atom. The third-order valence-corrected chi connectivity index (χ3v) is 4.23. The molecule has 0 heteroatoms. The van der Waals surface area contributed by atoms with E-state index in [0.717, 1.165) is 5.92 Å². The van der Waals surface area contributed by atoms with E-state index < -0.39 is 0 Å². The predicted octanol–water partition coefficient (Wildman–Crippen LogP) is 4.25. The van der Waals surface area contributed by atoms with Gasteiger partial charge in [-0.3, -0.25) is 0 Å². The molecule has 72 valence electrons. The fourth-order valence-electron chi connectivity index (χ4n) is 2.57. The van der Waals surface area contributed by atoms with Crippen LogP contribution in [0.3, 0.4) is 0 Å². The Morgan fingerprint density at radius 1 is 1.17 bits per heavy atom. The summed E-state index contributed by atoms with van der Waals surface area (Å²) in [5.41, 5.74) is 1.24. The topological polar surface area (TPSA) is 0 Å². The van der Waals surface area contributed by atoms with Crippen molar-refractivity contribution >= 4 is 0 Å². The van der Waals surface area contributed by atoms with Crippen LogP contribution in [0.2, 0.25) is 0 Å². The van der Waals surface area contributed by atoms with Crippen molar-refractivity contribution in [1.82, 2.24) is 0 Å². The van der Waals surface area contributed by atoms with Crippen LogP contribution in [0.1, 0.15) is 60.3 Å². The molecule has 0 saturated heterocycles. The molecule has 0 bridgehead atoms. The van der Waals surface area contributed by atoms with Crippen molar-refractivity contribution in [2.45, 2.75) is 60.3 Å². The molecule has 0 nitrogen and oxygen atoms in total. The summed E-state index contributed by atoms with van der Waals surface area (Å²) in [7, 11) is 0. The van der Waals surface area contributed by atoms with Crippen LogP contribution in [0.4, 0.5) is 0 Å². The van der Waals surface area contributed by atoms with Gasteiger partial charge in [0.05, 0.1) is 0 Å². The maximum absolute atomic E-state index is 2.47. The van der Waals surface area contributed by atoms with Gasteiger partial charge in [0.2, 0.25) is 0 Å². The Morgan fingerprint density at radius 3 is 2.17 bits per heavy atom. The molecule has 0 amide bonds. The number of hydrogen-bond acceptors (Lipinski definition) is 0. The molecule has 1 saturated carbocycles. The van der Waals surface area contributed by atoms with Crippen LogP contribution < -0.4 is 0 Å². The minimum Gasteiger partial charge on any atom is -0.0649 e. The highest BCUT2D eigenvalue weighted by Crippen LogP contribution is 2.49. The molecule has 12 heavy (non-hydrogen) atoms. The zero-order valence-corrected chi connectivity index (χ0v) is 9.41. The molecule has 0 spiro atoms. The molecule has 0 radical (unpaired) electrons. The Kier molecular flexibility index (Phi) is 2.56. The first kappa shape index (κ1) is 10.1. The van der Waals surface area contributed by atoms with E-state index in [1.54, 1.807) is 0 Å². The van der Waals surface area contributed by atoms with Gasteiger partial charge in [-0.25, -0.2) is 0 Å². The van der Waals surface area contributed by atoms with Crippen molar-refractivity contribution < 1.29 is 0 Å². The molecule has 0 heterocycles. The number of hydrogen-bond donors (Lipinski definition) is 0. The number of rotatable bonds is 1. The largest absolute Gasteiger partial charge is 0.0649 e. The molecular formula is C12H24. The lowest BCUT2D eigenvalue weighted by Crippen LogP contribution is -2.35. The van der Waals surface area contributed by atoms with Crippen molar-refractivity contribution in [3.05, 3.63) is 0 Å². The van der Waals surface area contributed by atoms with Crippen LogP contribution in [-0.4, -0.2) is 0 Å². The van der Waals surface area contributed by atoms with Gasteiger partial charge in [-0.15, -0.1) is 0 Å². The predicted molar refractivity (Wildman–Crippen MR) is 55.2 cm³/mol. The molecule has 1 rings (SSSR count). The summed E-state index contributed by atoms with van der Waals surface area (Å²) in [5.74, 6) is 0.909. The van der Waals surface area contributed by atoms with E-state index in [1.807, 2.05) is 0 Å². The zero-order valence-electron chi connectivity index (χ0n) is 9.41. The summed E-state index contributed by atoms with van der Waals surface area (Å²) in [6, 6.07) is 0. The second-order valence-corrected chi connectivity index (χ2v) is 5.78. The van der Waals surface area contributed by atoms with E-state index in [1.165, 1.54) is 25.7 Å². The van der Waals surface area contributed by atoms with Gasteiger partial charge >= 0.3 is 0 Å². The Hall–Kier alpha value is 0. The van der Waals surface area contributed by atoms with Crippen LogP contribution in [-0.2, 0) is 0 Å². The van der Waals surface area contributed by atoms with Crippen LogP contribution in [0, 0.1) is 16.7 Å². The van der Waals surface area contributed by atoms with Crippen molar-refractivity contribution in [2.75, 3.05) is 0 Å². The minimum atomic E-state index is 0.605. The molecule has 1 aliphatic carbocycles. The second-order valence-electron chi connectivity index (χ2n) is 5.78. The summed E-state index contributed by atoms with van der Waals surface area (Å²) >= 11 is 0. The maximum atomic E-state index is 2.47. The van der Waals surface area contributed by atoms with Gasteiger partial charge in [0, 0.05) is 0 Å². The lowest BCUT2D eigenvalue weighted by atomic mass is 9.59. The van der Waals surface area contributed by atoms with Gasteiger partial charge in [-0.2, -0.15) is 0 Å². The van der Waals surface area contributed by atoms with Crippen LogP contribution in [0.15, 0.2) is 0 Å². The van der Waals surface area contributed by atoms with E-state index in [0.29, 0.717) is 10.8 Å². The summed E-state index contributed by atoms with van der Waals surface area (Å²) in [6.45, 7) is 12.1. The van der Waals surface area contributed by atoms with Crippen molar-refractivity contribution in [1.29, 1.82) is 0 Å². The highest BCUT2D eigenvalue weighted by atomic mass is 14.4. The summed E-state index contributed by atoms with van der Waals surface area (Å²) in [5, 5.41) is 0. The highest BCUT2D eigenvalue weighted by Gasteiger charge is 2.38. The van der Waals surface area contributed by atoms with E-state index in [-0.39, 0.29) is 0 Å². The van der Waals surface area contributed by atoms with Gasteiger partial charge in [0.25, 0.3) is 0 Å². The van der Waals surface area contributed by atoms with E-state index >= 15 is 0 Å². The average Bonchev–Trinajstić information content (AvgIpc) is 1.97. The normalized spacial score (nSPS) is 41.2. The molecule has 1 aliphatic rings. The zero-order chi connectivity index (χ0) is 9.41. The summed E-state index contributed by atoms with van der Waals surface area (Å²) in [6.07, 6.45) is 5.61. The molecule has 1 fully saturated rings. The second kappa shape index (κ2) is 3.05. The van der Waals surface area contributed by atoms with Crippen LogP contribution in [0.5, 0.6) is 0 Å². The fraction of sp³-hybridized carbons (Fsp3) is 1.00. The van der Waals surface area contributed by atoms with E-state index in [2.05, 4.69) is 34.6 Å².